The van der Waals surface area contributed by atoms with Gasteiger partial charge in [-0.05, 0) is 48.6 Å². The Balaban J connectivity index is 1.90. The van der Waals surface area contributed by atoms with Gasteiger partial charge in [0.25, 0.3) is 0 Å². The lowest BCUT2D eigenvalue weighted by molar-refractivity contribution is -0.116. The number of amides is 1. The van der Waals surface area contributed by atoms with Crippen LogP contribution in [0.3, 0.4) is 0 Å². The smallest absolute Gasteiger partial charge is 0.224 e. The summed E-state index contributed by atoms with van der Waals surface area (Å²) < 4.78 is 5.57. The molecule has 0 fully saturated rings. The van der Waals surface area contributed by atoms with Gasteiger partial charge in [-0.1, -0.05) is 38.1 Å². The van der Waals surface area contributed by atoms with Crippen molar-refractivity contribution in [1.29, 1.82) is 0 Å². The molecule has 1 amide bonds. The summed E-state index contributed by atoms with van der Waals surface area (Å²) in [5, 5.41) is 2.99. The topological polar surface area (TPSA) is 64.3 Å². The molecule has 2 aromatic rings. The Bertz CT molecular complexity index is 683. The number of hydrogen-bond acceptors (Lipinski definition) is 3. The third-order valence-electron chi connectivity index (χ3n) is 3.85. The largest absolute Gasteiger partial charge is 0.491 e. The zero-order valence-corrected chi connectivity index (χ0v) is 14.5. The van der Waals surface area contributed by atoms with Gasteiger partial charge in [-0.2, -0.15) is 0 Å². The highest BCUT2D eigenvalue weighted by Crippen LogP contribution is 2.23. The number of ether oxygens (including phenoxy) is 1. The highest BCUT2D eigenvalue weighted by atomic mass is 16.5. The molecule has 24 heavy (non-hydrogen) atoms. The number of nitrogen functional groups attached to an aromatic ring is 1. The summed E-state index contributed by atoms with van der Waals surface area (Å²) in [6.07, 6.45) is 2.91. The first-order valence-electron chi connectivity index (χ1n) is 8.53. The average Bonchev–Trinajstić information content (AvgIpc) is 2.59. The van der Waals surface area contributed by atoms with Crippen molar-refractivity contribution in [2.45, 2.75) is 39.5 Å². The predicted octanol–water partition coefficient (Wildman–Crippen LogP) is 4.19. The molecular weight excluding hydrogens is 300 g/mol. The predicted molar refractivity (Wildman–Crippen MR) is 99.4 cm³/mol. The maximum absolute atomic E-state index is 12.2. The van der Waals surface area contributed by atoms with Crippen molar-refractivity contribution in [1.82, 2.24) is 0 Å². The van der Waals surface area contributed by atoms with E-state index >= 15 is 0 Å². The molecule has 0 spiro atoms. The van der Waals surface area contributed by atoms with E-state index in [0.29, 0.717) is 30.9 Å². The van der Waals surface area contributed by atoms with Crippen LogP contribution in [0.15, 0.2) is 42.5 Å². The molecule has 4 heteroatoms. The van der Waals surface area contributed by atoms with E-state index in [4.69, 9.17) is 10.5 Å². The number of anilines is 2. The Morgan fingerprint density at radius 3 is 2.67 bits per heavy atom. The summed E-state index contributed by atoms with van der Waals surface area (Å²) in [5.41, 5.74) is 9.71. The number of hydrogen-bond donors (Lipinski definition) is 2. The van der Waals surface area contributed by atoms with E-state index in [1.165, 1.54) is 0 Å². The van der Waals surface area contributed by atoms with Crippen LogP contribution in [0, 0.1) is 0 Å². The number of aryl methyl sites for hydroxylation is 2. The normalized spacial score (nSPS) is 10.4. The van der Waals surface area contributed by atoms with E-state index < -0.39 is 0 Å². The zero-order chi connectivity index (χ0) is 17.4. The molecule has 0 aliphatic rings. The molecule has 0 aliphatic carbocycles. The molecule has 2 rings (SSSR count). The fourth-order valence-electron chi connectivity index (χ4n) is 2.52. The van der Waals surface area contributed by atoms with E-state index in [2.05, 4.69) is 19.2 Å². The fraction of sp³-hybridized carbons (Fsp3) is 0.350. The summed E-state index contributed by atoms with van der Waals surface area (Å²) in [7, 11) is 0. The highest BCUT2D eigenvalue weighted by molar-refractivity contribution is 5.91. The fourth-order valence-corrected chi connectivity index (χ4v) is 2.52. The number of carbonyl (C=O) groups excluding carboxylic acids is 1. The van der Waals surface area contributed by atoms with Crippen molar-refractivity contribution >= 4 is 17.3 Å². The highest BCUT2D eigenvalue weighted by Gasteiger charge is 2.07. The number of para-hydroxylation sites is 1. The molecular formula is C20H26N2O2. The number of rotatable bonds is 8. The minimum atomic E-state index is 0.0146. The Hall–Kier alpha value is -2.49. The summed E-state index contributed by atoms with van der Waals surface area (Å²) in [6, 6.07) is 13.6. The molecule has 4 nitrogen and oxygen atoms in total. The number of nitrogens with one attached hydrogen (secondary N) is 1. The second-order valence-corrected chi connectivity index (χ2v) is 5.78. The molecule has 3 N–H and O–H groups in total. The van der Waals surface area contributed by atoms with Crippen molar-refractivity contribution in [3.8, 4) is 5.75 Å². The van der Waals surface area contributed by atoms with Gasteiger partial charge in [-0.3, -0.25) is 4.79 Å². The monoisotopic (exact) mass is 326 g/mol. The van der Waals surface area contributed by atoms with Crippen LogP contribution in [0.1, 0.15) is 37.8 Å². The van der Waals surface area contributed by atoms with Crippen LogP contribution in [-0.4, -0.2) is 12.5 Å². The molecule has 0 saturated heterocycles. The van der Waals surface area contributed by atoms with E-state index in [1.54, 1.807) is 0 Å². The van der Waals surface area contributed by atoms with Gasteiger partial charge in [-0.25, -0.2) is 0 Å². The molecule has 0 unspecified atom stereocenters. The van der Waals surface area contributed by atoms with Gasteiger partial charge in [0, 0.05) is 12.1 Å². The first-order chi connectivity index (χ1) is 11.6. The van der Waals surface area contributed by atoms with Crippen LogP contribution in [0.5, 0.6) is 5.75 Å². The standard InChI is InChI=1S/C20H26N2O2/c1-3-13-24-19-11-9-15(14-17(19)21)10-12-20(23)22-18-8-6-5-7-16(18)4-2/h5-9,11,14H,3-4,10,12-13,21H2,1-2H3,(H,22,23). The lowest BCUT2D eigenvalue weighted by atomic mass is 10.1. The third kappa shape index (κ3) is 5.01. The first-order valence-corrected chi connectivity index (χ1v) is 8.53. The zero-order valence-electron chi connectivity index (χ0n) is 14.5. The van der Waals surface area contributed by atoms with Gasteiger partial charge in [0.05, 0.1) is 12.3 Å². The summed E-state index contributed by atoms with van der Waals surface area (Å²) in [4.78, 5) is 12.2. The van der Waals surface area contributed by atoms with Crippen LogP contribution in [0.25, 0.3) is 0 Å². The third-order valence-corrected chi connectivity index (χ3v) is 3.85. The summed E-state index contributed by atoms with van der Waals surface area (Å²) >= 11 is 0. The minimum Gasteiger partial charge on any atom is -0.491 e. The van der Waals surface area contributed by atoms with E-state index in [0.717, 1.165) is 29.7 Å². The number of carbonyl (C=O) groups is 1. The van der Waals surface area contributed by atoms with Gasteiger partial charge in [-0.15, -0.1) is 0 Å². The van der Waals surface area contributed by atoms with Gasteiger partial charge in [0.1, 0.15) is 5.75 Å². The second kappa shape index (κ2) is 8.96. The molecule has 0 atom stereocenters. The second-order valence-electron chi connectivity index (χ2n) is 5.78. The van der Waals surface area contributed by atoms with Crippen molar-refractivity contribution in [2.24, 2.45) is 0 Å². The molecule has 0 radical (unpaired) electrons. The molecule has 128 valence electrons. The molecule has 0 saturated carbocycles. The summed E-state index contributed by atoms with van der Waals surface area (Å²) in [6.45, 7) is 4.79. The molecule has 0 aliphatic heterocycles. The van der Waals surface area contributed by atoms with Gasteiger partial charge in [0.15, 0.2) is 0 Å². The Kier molecular flexibility index (Phi) is 6.67. The van der Waals surface area contributed by atoms with Crippen LogP contribution >= 0.6 is 0 Å². The lowest BCUT2D eigenvalue weighted by Gasteiger charge is -2.11. The lowest BCUT2D eigenvalue weighted by Crippen LogP contribution is -2.13. The SMILES string of the molecule is CCCOc1ccc(CCC(=O)Nc2ccccc2CC)cc1N. The first kappa shape index (κ1) is 17.9. The van der Waals surface area contributed by atoms with Crippen molar-refractivity contribution in [2.75, 3.05) is 17.7 Å². The molecule has 0 heterocycles. The number of benzene rings is 2. The number of nitrogens with two attached hydrogens (primary N) is 1. The van der Waals surface area contributed by atoms with Crippen LogP contribution in [-0.2, 0) is 17.6 Å². The maximum atomic E-state index is 12.2. The van der Waals surface area contributed by atoms with Crippen LogP contribution in [0.2, 0.25) is 0 Å². The molecule has 2 aromatic carbocycles. The quantitative estimate of drug-likeness (QED) is 0.715. The van der Waals surface area contributed by atoms with Gasteiger partial charge >= 0.3 is 0 Å². The van der Waals surface area contributed by atoms with Crippen molar-refractivity contribution in [3.05, 3.63) is 53.6 Å². The van der Waals surface area contributed by atoms with Gasteiger partial charge < -0.3 is 15.8 Å². The Morgan fingerprint density at radius 1 is 1.17 bits per heavy atom. The van der Waals surface area contributed by atoms with E-state index in [9.17, 15) is 4.79 Å². The van der Waals surface area contributed by atoms with E-state index in [1.807, 2.05) is 42.5 Å². The van der Waals surface area contributed by atoms with E-state index in [-0.39, 0.29) is 5.91 Å². The van der Waals surface area contributed by atoms with Crippen LogP contribution in [0.4, 0.5) is 11.4 Å². The van der Waals surface area contributed by atoms with Crippen molar-refractivity contribution in [3.63, 3.8) is 0 Å². The molecule has 0 bridgehead atoms. The van der Waals surface area contributed by atoms with Crippen molar-refractivity contribution < 1.29 is 9.53 Å². The Morgan fingerprint density at radius 2 is 1.96 bits per heavy atom. The Labute approximate surface area is 144 Å². The minimum absolute atomic E-state index is 0.0146. The average molecular weight is 326 g/mol. The molecule has 0 aromatic heterocycles. The van der Waals surface area contributed by atoms with Crippen LogP contribution < -0.4 is 15.8 Å². The maximum Gasteiger partial charge on any atom is 0.224 e. The van der Waals surface area contributed by atoms with Gasteiger partial charge in [0.2, 0.25) is 5.91 Å². The summed E-state index contributed by atoms with van der Waals surface area (Å²) in [5.74, 6) is 0.725.